The Bertz CT molecular complexity index is 493. The maximum absolute atomic E-state index is 3.60. The molecule has 0 spiro atoms. The Labute approximate surface area is 90.5 Å². The van der Waals surface area contributed by atoms with Crippen LogP contribution in [0.15, 0.2) is 18.2 Å². The molecule has 1 aromatic carbocycles. The molecule has 0 saturated carbocycles. The van der Waals surface area contributed by atoms with E-state index >= 15 is 0 Å². The van der Waals surface area contributed by atoms with E-state index in [9.17, 15) is 0 Å². The maximum Gasteiger partial charge on any atom is 0.0461 e. The predicted octanol–water partition coefficient (Wildman–Crippen LogP) is 3.75. The van der Waals surface area contributed by atoms with E-state index < -0.39 is 0 Å². The van der Waals surface area contributed by atoms with Gasteiger partial charge in [-0.1, -0.05) is 18.6 Å². The van der Waals surface area contributed by atoms with Crippen LogP contribution in [0.2, 0.25) is 0 Å². The van der Waals surface area contributed by atoms with Gasteiger partial charge >= 0.3 is 0 Å². The van der Waals surface area contributed by atoms with Gasteiger partial charge in [-0.05, 0) is 49.8 Å². The van der Waals surface area contributed by atoms with Crippen LogP contribution in [0.4, 0.5) is 0 Å². The van der Waals surface area contributed by atoms with Crippen molar-refractivity contribution < 1.29 is 0 Å². The Morgan fingerprint density at radius 1 is 1.07 bits per heavy atom. The van der Waals surface area contributed by atoms with Crippen molar-refractivity contribution in [3.63, 3.8) is 0 Å². The minimum atomic E-state index is 1.24. The van der Waals surface area contributed by atoms with Crippen molar-refractivity contribution in [3.05, 3.63) is 35.0 Å². The fraction of sp³-hybridized carbons (Fsp3) is 0.429. The number of hydrogen-bond acceptors (Lipinski definition) is 0. The van der Waals surface area contributed by atoms with E-state index in [0.29, 0.717) is 0 Å². The van der Waals surface area contributed by atoms with Crippen LogP contribution in [0.5, 0.6) is 0 Å². The lowest BCUT2D eigenvalue weighted by Gasteiger charge is -2.00. The van der Waals surface area contributed by atoms with E-state index in [0.717, 1.165) is 0 Å². The number of rotatable bonds is 0. The Hall–Kier alpha value is -1.24. The van der Waals surface area contributed by atoms with Crippen LogP contribution in [0, 0.1) is 6.92 Å². The monoisotopic (exact) mass is 199 g/mol. The Balaban J connectivity index is 2.29. The maximum atomic E-state index is 3.60. The fourth-order valence-corrected chi connectivity index (χ4v) is 2.83. The summed E-state index contributed by atoms with van der Waals surface area (Å²) in [5.74, 6) is 0. The van der Waals surface area contributed by atoms with Crippen LogP contribution in [-0.2, 0) is 12.8 Å². The normalized spacial score (nSPS) is 16.3. The molecular formula is C14H17N. The zero-order chi connectivity index (χ0) is 10.3. The van der Waals surface area contributed by atoms with Gasteiger partial charge in [-0.2, -0.15) is 0 Å². The molecule has 0 bridgehead atoms. The molecule has 1 aliphatic carbocycles. The second-order valence-corrected chi connectivity index (χ2v) is 4.64. The van der Waals surface area contributed by atoms with Crippen LogP contribution >= 0.6 is 0 Å². The largest absolute Gasteiger partial charge is 0.358 e. The highest BCUT2D eigenvalue weighted by Crippen LogP contribution is 2.30. The molecule has 1 aromatic heterocycles. The average molecular weight is 199 g/mol. The number of nitrogens with one attached hydrogen (secondary N) is 1. The van der Waals surface area contributed by atoms with Gasteiger partial charge in [0.15, 0.2) is 0 Å². The molecule has 0 unspecified atom stereocenters. The molecular weight excluding hydrogens is 182 g/mol. The fourth-order valence-electron chi connectivity index (χ4n) is 2.83. The number of aromatic nitrogens is 1. The van der Waals surface area contributed by atoms with E-state index in [1.54, 1.807) is 5.56 Å². The summed E-state index contributed by atoms with van der Waals surface area (Å²) in [7, 11) is 0. The number of fused-ring (bicyclic) bond motifs is 3. The van der Waals surface area contributed by atoms with E-state index in [1.165, 1.54) is 54.3 Å². The van der Waals surface area contributed by atoms with Gasteiger partial charge in [-0.15, -0.1) is 0 Å². The molecule has 0 fully saturated rings. The van der Waals surface area contributed by atoms with Crippen molar-refractivity contribution in [3.8, 4) is 0 Å². The van der Waals surface area contributed by atoms with Crippen LogP contribution in [0.3, 0.4) is 0 Å². The highest BCUT2D eigenvalue weighted by Gasteiger charge is 2.14. The van der Waals surface area contributed by atoms with Crippen LogP contribution in [0.1, 0.15) is 36.1 Å². The van der Waals surface area contributed by atoms with Crippen LogP contribution in [0.25, 0.3) is 10.9 Å². The molecule has 1 N–H and O–H groups in total. The molecule has 0 aliphatic heterocycles. The van der Waals surface area contributed by atoms with Crippen molar-refractivity contribution in [2.75, 3.05) is 0 Å². The molecule has 78 valence electrons. The third-order valence-corrected chi connectivity index (χ3v) is 3.58. The summed E-state index contributed by atoms with van der Waals surface area (Å²) < 4.78 is 0. The minimum Gasteiger partial charge on any atom is -0.358 e. The smallest absolute Gasteiger partial charge is 0.0461 e. The van der Waals surface area contributed by atoms with Crippen molar-refractivity contribution in [2.45, 2.75) is 39.0 Å². The van der Waals surface area contributed by atoms with Crippen molar-refractivity contribution >= 4 is 10.9 Å². The number of aromatic amines is 1. The van der Waals surface area contributed by atoms with Gasteiger partial charge in [0.2, 0.25) is 0 Å². The van der Waals surface area contributed by atoms with Gasteiger partial charge in [0.25, 0.3) is 0 Å². The first kappa shape index (κ1) is 9.02. The zero-order valence-electron chi connectivity index (χ0n) is 9.27. The molecule has 0 atom stereocenters. The zero-order valence-corrected chi connectivity index (χ0v) is 9.27. The molecule has 1 nitrogen and oxygen atoms in total. The first-order chi connectivity index (χ1) is 7.36. The summed E-state index contributed by atoms with van der Waals surface area (Å²) in [6.45, 7) is 2.22. The molecule has 0 radical (unpaired) electrons. The van der Waals surface area contributed by atoms with E-state index in [2.05, 4.69) is 30.1 Å². The standard InChI is InChI=1S/C14H17N/c1-10-6-5-9-13-14(10)11-7-3-2-4-8-12(11)15-13/h5-6,9,15H,2-4,7-8H2,1H3. The van der Waals surface area contributed by atoms with Crippen molar-refractivity contribution in [1.82, 2.24) is 4.98 Å². The van der Waals surface area contributed by atoms with Gasteiger partial charge in [0.1, 0.15) is 0 Å². The van der Waals surface area contributed by atoms with Crippen LogP contribution in [-0.4, -0.2) is 4.98 Å². The average Bonchev–Trinajstić information content (AvgIpc) is 2.43. The number of H-pyrrole nitrogens is 1. The number of hydrogen-bond donors (Lipinski definition) is 1. The lowest BCUT2D eigenvalue weighted by molar-refractivity contribution is 0.708. The van der Waals surface area contributed by atoms with Crippen molar-refractivity contribution in [2.24, 2.45) is 0 Å². The van der Waals surface area contributed by atoms with Gasteiger partial charge in [-0.25, -0.2) is 0 Å². The SMILES string of the molecule is Cc1cccc2[nH]c3c(c12)CCCCC3. The molecule has 1 heterocycles. The van der Waals surface area contributed by atoms with Crippen molar-refractivity contribution in [1.29, 1.82) is 0 Å². The van der Waals surface area contributed by atoms with Gasteiger partial charge < -0.3 is 4.98 Å². The highest BCUT2D eigenvalue weighted by atomic mass is 14.7. The molecule has 0 saturated heterocycles. The molecule has 15 heavy (non-hydrogen) atoms. The summed E-state index contributed by atoms with van der Waals surface area (Å²) >= 11 is 0. The first-order valence-corrected chi connectivity index (χ1v) is 5.95. The Morgan fingerprint density at radius 3 is 2.87 bits per heavy atom. The number of aryl methyl sites for hydroxylation is 3. The summed E-state index contributed by atoms with van der Waals surface area (Å²) in [6, 6.07) is 6.58. The highest BCUT2D eigenvalue weighted by molar-refractivity contribution is 5.87. The topological polar surface area (TPSA) is 15.8 Å². The van der Waals surface area contributed by atoms with Gasteiger partial charge in [0, 0.05) is 16.6 Å². The van der Waals surface area contributed by atoms with E-state index in [1.807, 2.05) is 0 Å². The minimum absolute atomic E-state index is 1.24. The Morgan fingerprint density at radius 2 is 1.93 bits per heavy atom. The molecule has 0 amide bonds. The third-order valence-electron chi connectivity index (χ3n) is 3.58. The van der Waals surface area contributed by atoms with E-state index in [4.69, 9.17) is 0 Å². The second kappa shape index (κ2) is 3.41. The third kappa shape index (κ3) is 1.38. The van der Waals surface area contributed by atoms with Gasteiger partial charge in [0.05, 0.1) is 0 Å². The van der Waals surface area contributed by atoms with Gasteiger partial charge in [-0.3, -0.25) is 0 Å². The molecule has 1 heteroatoms. The quantitative estimate of drug-likeness (QED) is 0.622. The molecule has 1 aliphatic rings. The lowest BCUT2D eigenvalue weighted by Crippen LogP contribution is -1.87. The molecule has 3 rings (SSSR count). The second-order valence-electron chi connectivity index (χ2n) is 4.64. The summed E-state index contributed by atoms with van der Waals surface area (Å²) in [5.41, 5.74) is 5.85. The summed E-state index contributed by atoms with van der Waals surface area (Å²) in [6.07, 6.45) is 6.59. The number of benzene rings is 1. The summed E-state index contributed by atoms with van der Waals surface area (Å²) in [5, 5.41) is 1.49. The molecule has 2 aromatic rings. The lowest BCUT2D eigenvalue weighted by atomic mass is 10.0. The summed E-state index contributed by atoms with van der Waals surface area (Å²) in [4.78, 5) is 3.60. The van der Waals surface area contributed by atoms with Crippen LogP contribution < -0.4 is 0 Å². The van der Waals surface area contributed by atoms with E-state index in [-0.39, 0.29) is 0 Å². The predicted molar refractivity (Wildman–Crippen MR) is 64.3 cm³/mol. The Kier molecular flexibility index (Phi) is 2.05. The first-order valence-electron chi connectivity index (χ1n) is 5.95.